The zero-order valence-corrected chi connectivity index (χ0v) is 14.3. The van der Waals surface area contributed by atoms with Crippen LogP contribution in [0.2, 0.25) is 0 Å². The van der Waals surface area contributed by atoms with Crippen molar-refractivity contribution in [1.29, 1.82) is 0 Å². The number of benzene rings is 1. The molecule has 3 aromatic rings. The van der Waals surface area contributed by atoms with E-state index in [1.54, 1.807) is 17.6 Å². The summed E-state index contributed by atoms with van der Waals surface area (Å²) >= 11 is 1.11. The number of esters is 1. The van der Waals surface area contributed by atoms with Gasteiger partial charge in [0.15, 0.2) is 22.9 Å². The fourth-order valence-electron chi connectivity index (χ4n) is 2.06. The number of hydrogen-bond acceptors (Lipinski definition) is 5. The first kappa shape index (κ1) is 17.7. The standard InChI is InChI=1S/C17H13F2N3O3S/c1-9(25-16(24)13-3-2-6-20-13)15(23)22-17-21-14(8-26-17)10-4-5-11(18)12(19)7-10/h2-9,20H,1H3,(H,21,22,23)/t9-/m1/s1. The summed E-state index contributed by atoms with van der Waals surface area (Å²) in [4.78, 5) is 30.8. The molecule has 26 heavy (non-hydrogen) atoms. The van der Waals surface area contributed by atoms with Crippen LogP contribution in [0.4, 0.5) is 13.9 Å². The predicted octanol–water partition coefficient (Wildman–Crippen LogP) is 3.60. The van der Waals surface area contributed by atoms with Crippen molar-refractivity contribution >= 4 is 28.3 Å². The highest BCUT2D eigenvalue weighted by atomic mass is 32.1. The SMILES string of the molecule is C[C@@H](OC(=O)c1ccc[nH]1)C(=O)Nc1nc(-c2ccc(F)c(F)c2)cs1. The molecule has 0 fully saturated rings. The monoisotopic (exact) mass is 377 g/mol. The van der Waals surface area contributed by atoms with Gasteiger partial charge in [-0.3, -0.25) is 10.1 Å². The molecule has 1 aromatic carbocycles. The lowest BCUT2D eigenvalue weighted by molar-refractivity contribution is -0.123. The number of carbonyl (C=O) groups excluding carboxylic acids is 2. The molecule has 134 valence electrons. The summed E-state index contributed by atoms with van der Waals surface area (Å²) in [6.45, 7) is 1.43. The Balaban J connectivity index is 1.63. The molecule has 1 amide bonds. The highest BCUT2D eigenvalue weighted by molar-refractivity contribution is 7.14. The number of carbonyl (C=O) groups is 2. The Bertz CT molecular complexity index is 941. The van der Waals surface area contributed by atoms with Crippen LogP contribution in [-0.2, 0) is 9.53 Å². The number of ether oxygens (including phenoxy) is 1. The minimum atomic E-state index is -1.04. The van der Waals surface area contributed by atoms with Gasteiger partial charge in [0.25, 0.3) is 5.91 Å². The van der Waals surface area contributed by atoms with Crippen molar-refractivity contribution in [3.8, 4) is 11.3 Å². The molecule has 0 spiro atoms. The predicted molar refractivity (Wildman–Crippen MR) is 91.8 cm³/mol. The van der Waals surface area contributed by atoms with Crippen LogP contribution in [0, 0.1) is 11.6 Å². The fraction of sp³-hybridized carbons (Fsp3) is 0.118. The minimum Gasteiger partial charge on any atom is -0.448 e. The van der Waals surface area contributed by atoms with Crippen molar-refractivity contribution < 1.29 is 23.1 Å². The first-order chi connectivity index (χ1) is 12.4. The highest BCUT2D eigenvalue weighted by Gasteiger charge is 2.20. The van der Waals surface area contributed by atoms with Crippen LogP contribution in [0.1, 0.15) is 17.4 Å². The molecule has 0 aliphatic heterocycles. The number of rotatable bonds is 5. The van der Waals surface area contributed by atoms with E-state index in [0.29, 0.717) is 11.3 Å². The molecule has 0 bridgehead atoms. The maximum atomic E-state index is 13.3. The molecule has 2 N–H and O–H groups in total. The summed E-state index contributed by atoms with van der Waals surface area (Å²) < 4.78 is 31.4. The lowest BCUT2D eigenvalue weighted by Crippen LogP contribution is -2.30. The number of aromatic nitrogens is 2. The molecular weight excluding hydrogens is 364 g/mol. The number of anilines is 1. The van der Waals surface area contributed by atoms with Crippen molar-refractivity contribution in [3.05, 3.63) is 59.2 Å². The van der Waals surface area contributed by atoms with Gasteiger partial charge in [0, 0.05) is 17.1 Å². The average Bonchev–Trinajstić information content (AvgIpc) is 3.29. The number of aromatic amines is 1. The molecule has 0 aliphatic carbocycles. The number of hydrogen-bond donors (Lipinski definition) is 2. The molecule has 2 aromatic heterocycles. The maximum Gasteiger partial charge on any atom is 0.355 e. The Morgan fingerprint density at radius 1 is 1.27 bits per heavy atom. The number of amides is 1. The third kappa shape index (κ3) is 3.94. The van der Waals surface area contributed by atoms with Crippen molar-refractivity contribution in [1.82, 2.24) is 9.97 Å². The molecule has 6 nitrogen and oxygen atoms in total. The van der Waals surface area contributed by atoms with Gasteiger partial charge in [-0.15, -0.1) is 11.3 Å². The van der Waals surface area contributed by atoms with Gasteiger partial charge in [-0.2, -0.15) is 0 Å². The lowest BCUT2D eigenvalue weighted by atomic mass is 10.2. The van der Waals surface area contributed by atoms with E-state index in [0.717, 1.165) is 23.5 Å². The number of nitrogens with zero attached hydrogens (tertiary/aromatic N) is 1. The van der Waals surface area contributed by atoms with E-state index in [1.165, 1.54) is 19.1 Å². The third-order valence-electron chi connectivity index (χ3n) is 3.42. The van der Waals surface area contributed by atoms with Crippen LogP contribution >= 0.6 is 11.3 Å². The molecular formula is C17H13F2N3O3S. The van der Waals surface area contributed by atoms with Crippen LogP contribution in [-0.4, -0.2) is 27.9 Å². The molecule has 3 rings (SSSR count). The zero-order valence-electron chi connectivity index (χ0n) is 13.5. The number of H-pyrrole nitrogens is 1. The molecule has 0 radical (unpaired) electrons. The molecule has 0 saturated carbocycles. The second-order valence-electron chi connectivity index (χ2n) is 5.29. The van der Waals surface area contributed by atoms with E-state index in [-0.39, 0.29) is 10.8 Å². The van der Waals surface area contributed by atoms with Crippen molar-refractivity contribution in [3.63, 3.8) is 0 Å². The highest BCUT2D eigenvalue weighted by Crippen LogP contribution is 2.26. The second kappa shape index (κ2) is 7.44. The minimum absolute atomic E-state index is 0.236. The van der Waals surface area contributed by atoms with Crippen LogP contribution in [0.3, 0.4) is 0 Å². The Kier molecular flexibility index (Phi) is 5.08. The lowest BCUT2D eigenvalue weighted by Gasteiger charge is -2.11. The van der Waals surface area contributed by atoms with Crippen LogP contribution in [0.15, 0.2) is 41.9 Å². The maximum absolute atomic E-state index is 13.3. The van der Waals surface area contributed by atoms with Gasteiger partial charge in [0.05, 0.1) is 5.69 Å². The van der Waals surface area contributed by atoms with Crippen molar-refractivity contribution in [2.45, 2.75) is 13.0 Å². The molecule has 0 saturated heterocycles. The summed E-state index contributed by atoms with van der Waals surface area (Å²) in [5.74, 6) is -3.14. The largest absolute Gasteiger partial charge is 0.448 e. The summed E-state index contributed by atoms with van der Waals surface area (Å²) in [6, 6.07) is 6.58. The zero-order chi connectivity index (χ0) is 18.7. The molecule has 9 heteroatoms. The van der Waals surface area contributed by atoms with Gasteiger partial charge in [0.2, 0.25) is 0 Å². The van der Waals surface area contributed by atoms with E-state index in [9.17, 15) is 18.4 Å². The van der Waals surface area contributed by atoms with Gasteiger partial charge in [0.1, 0.15) is 5.69 Å². The Morgan fingerprint density at radius 3 is 2.77 bits per heavy atom. The van der Waals surface area contributed by atoms with E-state index in [1.807, 2.05) is 0 Å². The summed E-state index contributed by atoms with van der Waals surface area (Å²) in [7, 11) is 0. The van der Waals surface area contributed by atoms with E-state index in [2.05, 4.69) is 15.3 Å². The van der Waals surface area contributed by atoms with E-state index in [4.69, 9.17) is 4.74 Å². The van der Waals surface area contributed by atoms with Crippen LogP contribution in [0.5, 0.6) is 0 Å². The van der Waals surface area contributed by atoms with Gasteiger partial charge >= 0.3 is 5.97 Å². The molecule has 2 heterocycles. The number of nitrogens with one attached hydrogen (secondary N) is 2. The van der Waals surface area contributed by atoms with Gasteiger partial charge in [-0.05, 0) is 37.3 Å². The summed E-state index contributed by atoms with van der Waals surface area (Å²) in [6.07, 6.45) is 0.526. The molecule has 0 aliphatic rings. The molecule has 0 unspecified atom stereocenters. The molecule has 1 atom stereocenters. The Morgan fingerprint density at radius 2 is 2.08 bits per heavy atom. The van der Waals surface area contributed by atoms with E-state index < -0.39 is 29.6 Å². The van der Waals surface area contributed by atoms with Crippen molar-refractivity contribution in [2.24, 2.45) is 0 Å². The summed E-state index contributed by atoms with van der Waals surface area (Å²) in [5.41, 5.74) is 1.01. The summed E-state index contributed by atoms with van der Waals surface area (Å²) in [5, 5.41) is 4.36. The fourth-order valence-corrected chi connectivity index (χ4v) is 2.78. The van der Waals surface area contributed by atoms with Gasteiger partial charge < -0.3 is 9.72 Å². The van der Waals surface area contributed by atoms with Crippen LogP contribution < -0.4 is 5.32 Å². The number of halogens is 2. The smallest absolute Gasteiger partial charge is 0.355 e. The van der Waals surface area contributed by atoms with Gasteiger partial charge in [-0.1, -0.05) is 0 Å². The van der Waals surface area contributed by atoms with E-state index >= 15 is 0 Å². The van der Waals surface area contributed by atoms with Crippen LogP contribution in [0.25, 0.3) is 11.3 Å². The Hall–Kier alpha value is -3.07. The first-order valence-electron chi connectivity index (χ1n) is 7.50. The average molecular weight is 377 g/mol. The Labute approximate surface area is 150 Å². The van der Waals surface area contributed by atoms with Gasteiger partial charge in [-0.25, -0.2) is 18.6 Å². The normalized spacial score (nSPS) is 11.8. The quantitative estimate of drug-likeness (QED) is 0.666. The third-order valence-corrected chi connectivity index (χ3v) is 4.18. The number of thiazole rings is 1. The second-order valence-corrected chi connectivity index (χ2v) is 6.15. The first-order valence-corrected chi connectivity index (χ1v) is 8.38. The topological polar surface area (TPSA) is 84.1 Å². The van der Waals surface area contributed by atoms with Crippen molar-refractivity contribution in [2.75, 3.05) is 5.32 Å².